The summed E-state index contributed by atoms with van der Waals surface area (Å²) in [5, 5.41) is 0.396. The van der Waals surface area contributed by atoms with Crippen LogP contribution in [0.1, 0.15) is 34.6 Å². The minimum atomic E-state index is 0.375. The van der Waals surface area contributed by atoms with Crippen molar-refractivity contribution >= 4 is 11.6 Å². The van der Waals surface area contributed by atoms with Crippen LogP contribution in [0.4, 0.5) is 0 Å². The lowest BCUT2D eigenvalue weighted by molar-refractivity contribution is 0.301. The van der Waals surface area contributed by atoms with E-state index in [1.807, 2.05) is 0 Å². The summed E-state index contributed by atoms with van der Waals surface area (Å²) in [6.07, 6.45) is 0. The second-order valence-electron chi connectivity index (χ2n) is 5.07. The van der Waals surface area contributed by atoms with E-state index in [2.05, 4.69) is 34.6 Å². The van der Waals surface area contributed by atoms with Crippen LogP contribution < -0.4 is 0 Å². The largest absolute Gasteiger partial charge is 0.122 e. The molecule has 0 saturated heterocycles. The molecule has 2 unspecified atom stereocenters. The molecule has 0 bridgehead atoms. The molecule has 0 nitrogen and oxygen atoms in total. The van der Waals surface area contributed by atoms with Gasteiger partial charge in [-0.15, -0.1) is 11.6 Å². The van der Waals surface area contributed by atoms with E-state index in [0.29, 0.717) is 22.1 Å². The Morgan fingerprint density at radius 3 is 1.50 bits per heavy atom. The van der Waals surface area contributed by atoms with Crippen LogP contribution in [0.2, 0.25) is 0 Å². The molecule has 0 heterocycles. The van der Waals surface area contributed by atoms with E-state index in [0.717, 1.165) is 0 Å². The highest BCUT2D eigenvalue weighted by molar-refractivity contribution is 6.23. The molecule has 0 aromatic rings. The first kappa shape index (κ1) is 8.39. The molecule has 0 aliphatic heterocycles. The van der Waals surface area contributed by atoms with Gasteiger partial charge in [0.1, 0.15) is 0 Å². The molecule has 0 radical (unpaired) electrons. The van der Waals surface area contributed by atoms with Crippen LogP contribution in [0, 0.1) is 16.7 Å². The molecule has 0 N–H and O–H groups in total. The summed E-state index contributed by atoms with van der Waals surface area (Å²) in [6.45, 7) is 11.3. The van der Waals surface area contributed by atoms with Crippen molar-refractivity contribution in [2.45, 2.75) is 40.0 Å². The predicted molar refractivity (Wildman–Crippen MR) is 46.4 cm³/mol. The fraction of sp³-hybridized carbons (Fsp3) is 1.00. The van der Waals surface area contributed by atoms with Crippen LogP contribution in [0.3, 0.4) is 0 Å². The highest BCUT2D eigenvalue weighted by Gasteiger charge is 2.61. The third-order valence-electron chi connectivity index (χ3n) is 2.63. The van der Waals surface area contributed by atoms with Crippen LogP contribution in [0.5, 0.6) is 0 Å². The lowest BCUT2D eigenvalue weighted by Crippen LogP contribution is -2.12. The van der Waals surface area contributed by atoms with Gasteiger partial charge >= 0.3 is 0 Å². The Morgan fingerprint density at radius 1 is 1.20 bits per heavy atom. The standard InChI is InChI=1S/C9H17Cl/c1-8(2,3)6-7(10)9(6,4)5/h6-7H,1-5H3. The molecule has 0 aromatic carbocycles. The molecule has 0 spiro atoms. The van der Waals surface area contributed by atoms with Gasteiger partial charge in [-0.25, -0.2) is 0 Å². The Kier molecular flexibility index (Phi) is 1.60. The van der Waals surface area contributed by atoms with Gasteiger partial charge in [-0.1, -0.05) is 34.6 Å². The fourth-order valence-electron chi connectivity index (χ4n) is 2.13. The first-order chi connectivity index (χ1) is 4.28. The highest BCUT2D eigenvalue weighted by Crippen LogP contribution is 2.63. The Bertz CT molecular complexity index is 131. The summed E-state index contributed by atoms with van der Waals surface area (Å²) in [6, 6.07) is 0. The van der Waals surface area contributed by atoms with Crippen molar-refractivity contribution in [3.05, 3.63) is 0 Å². The van der Waals surface area contributed by atoms with E-state index in [4.69, 9.17) is 11.6 Å². The van der Waals surface area contributed by atoms with Crippen molar-refractivity contribution in [3.63, 3.8) is 0 Å². The highest BCUT2D eigenvalue weighted by atomic mass is 35.5. The molecule has 10 heavy (non-hydrogen) atoms. The third-order valence-corrected chi connectivity index (χ3v) is 3.44. The van der Waals surface area contributed by atoms with Crippen LogP contribution in [0.25, 0.3) is 0 Å². The van der Waals surface area contributed by atoms with Gasteiger partial charge in [-0.3, -0.25) is 0 Å². The van der Waals surface area contributed by atoms with Crippen molar-refractivity contribution in [3.8, 4) is 0 Å². The topological polar surface area (TPSA) is 0 Å². The average molecular weight is 161 g/mol. The van der Waals surface area contributed by atoms with Gasteiger partial charge in [-0.05, 0) is 16.7 Å². The lowest BCUT2D eigenvalue weighted by Gasteiger charge is -2.19. The van der Waals surface area contributed by atoms with Crippen molar-refractivity contribution in [1.82, 2.24) is 0 Å². The second-order valence-corrected chi connectivity index (χ2v) is 5.54. The molecule has 1 saturated carbocycles. The van der Waals surface area contributed by atoms with Gasteiger partial charge in [0.25, 0.3) is 0 Å². The number of hydrogen-bond donors (Lipinski definition) is 0. The Morgan fingerprint density at radius 2 is 1.50 bits per heavy atom. The first-order valence-electron chi connectivity index (χ1n) is 3.92. The number of halogens is 1. The molecule has 1 heteroatoms. The molecule has 60 valence electrons. The third kappa shape index (κ3) is 1.07. The van der Waals surface area contributed by atoms with E-state index in [1.54, 1.807) is 0 Å². The molecule has 0 amide bonds. The second kappa shape index (κ2) is 1.91. The average Bonchev–Trinajstić information content (AvgIpc) is 2.03. The first-order valence-corrected chi connectivity index (χ1v) is 4.35. The maximum Gasteiger partial charge on any atom is 0.0429 e. The summed E-state index contributed by atoms with van der Waals surface area (Å²) < 4.78 is 0. The van der Waals surface area contributed by atoms with E-state index < -0.39 is 0 Å². The maximum atomic E-state index is 6.13. The zero-order valence-corrected chi connectivity index (χ0v) is 8.29. The molecular weight excluding hydrogens is 144 g/mol. The Balaban J connectivity index is 2.66. The minimum absolute atomic E-state index is 0.375. The molecule has 2 atom stereocenters. The lowest BCUT2D eigenvalue weighted by atomic mass is 9.86. The maximum absolute atomic E-state index is 6.13. The van der Waals surface area contributed by atoms with Crippen LogP contribution >= 0.6 is 11.6 Å². The van der Waals surface area contributed by atoms with Gasteiger partial charge in [0.2, 0.25) is 0 Å². The van der Waals surface area contributed by atoms with E-state index in [-0.39, 0.29) is 0 Å². The van der Waals surface area contributed by atoms with Gasteiger partial charge in [0.15, 0.2) is 0 Å². The normalized spacial score (nSPS) is 37.8. The number of rotatable bonds is 0. The molecule has 0 aromatic heterocycles. The minimum Gasteiger partial charge on any atom is -0.122 e. The summed E-state index contributed by atoms with van der Waals surface area (Å²) in [5.41, 5.74) is 0.760. The Hall–Kier alpha value is 0.290. The SMILES string of the molecule is CC(C)(C)C1C(Cl)C1(C)C. The van der Waals surface area contributed by atoms with Crippen LogP contribution in [-0.2, 0) is 0 Å². The molecule has 1 aliphatic carbocycles. The van der Waals surface area contributed by atoms with E-state index in [9.17, 15) is 0 Å². The van der Waals surface area contributed by atoms with Crippen molar-refractivity contribution in [2.75, 3.05) is 0 Å². The zero-order chi connectivity index (χ0) is 8.15. The van der Waals surface area contributed by atoms with Gasteiger partial charge in [-0.2, -0.15) is 0 Å². The van der Waals surface area contributed by atoms with Gasteiger partial charge in [0, 0.05) is 5.38 Å². The van der Waals surface area contributed by atoms with Gasteiger partial charge < -0.3 is 0 Å². The summed E-state index contributed by atoms with van der Waals surface area (Å²) in [7, 11) is 0. The van der Waals surface area contributed by atoms with Crippen molar-refractivity contribution in [2.24, 2.45) is 16.7 Å². The quantitative estimate of drug-likeness (QED) is 0.477. The molecule has 1 fully saturated rings. The summed E-state index contributed by atoms with van der Waals surface area (Å²) in [5.74, 6) is 0.696. The van der Waals surface area contributed by atoms with E-state index in [1.165, 1.54) is 0 Å². The Labute approximate surface area is 69.0 Å². The van der Waals surface area contributed by atoms with Gasteiger partial charge in [0.05, 0.1) is 0 Å². The number of alkyl halides is 1. The van der Waals surface area contributed by atoms with Crippen LogP contribution in [-0.4, -0.2) is 5.38 Å². The fourth-order valence-corrected chi connectivity index (χ4v) is 2.90. The smallest absolute Gasteiger partial charge is 0.0429 e. The molecular formula is C9H17Cl. The summed E-state index contributed by atoms with van der Waals surface area (Å²) in [4.78, 5) is 0. The van der Waals surface area contributed by atoms with Crippen molar-refractivity contribution < 1.29 is 0 Å². The molecule has 1 rings (SSSR count). The van der Waals surface area contributed by atoms with Crippen molar-refractivity contribution in [1.29, 1.82) is 0 Å². The number of hydrogen-bond acceptors (Lipinski definition) is 0. The van der Waals surface area contributed by atoms with E-state index >= 15 is 0 Å². The van der Waals surface area contributed by atoms with Crippen LogP contribution in [0.15, 0.2) is 0 Å². The molecule has 1 aliphatic rings. The monoisotopic (exact) mass is 160 g/mol. The summed E-state index contributed by atoms with van der Waals surface area (Å²) >= 11 is 6.13. The zero-order valence-electron chi connectivity index (χ0n) is 7.53. The predicted octanol–water partition coefficient (Wildman–Crippen LogP) is 3.30.